The summed E-state index contributed by atoms with van der Waals surface area (Å²) in [4.78, 5) is 0. The molecule has 0 saturated carbocycles. The van der Waals surface area contributed by atoms with Crippen LogP contribution in [0, 0.1) is 0 Å². The molecule has 0 aliphatic carbocycles. The van der Waals surface area contributed by atoms with Gasteiger partial charge in [0.15, 0.2) is 11.5 Å². The number of quaternary nitrogens is 1. The highest BCUT2D eigenvalue weighted by Crippen LogP contribution is 2.25. The number of rotatable bonds is 8. The van der Waals surface area contributed by atoms with E-state index in [9.17, 15) is 0 Å². The molecule has 3 N–H and O–H groups in total. The van der Waals surface area contributed by atoms with E-state index in [0.29, 0.717) is 13.2 Å². The zero-order chi connectivity index (χ0) is 11.6. The third-order valence-corrected chi connectivity index (χ3v) is 2.06. The maximum atomic E-state index is 8.60. The van der Waals surface area contributed by atoms with Crippen LogP contribution in [0.3, 0.4) is 0 Å². The number of aliphatic hydroxyl groups excluding tert-OH is 1. The first-order valence-corrected chi connectivity index (χ1v) is 5.65. The van der Waals surface area contributed by atoms with Crippen LogP contribution in [-0.2, 0) is 0 Å². The molecular formula is C12H20NO3+. The van der Waals surface area contributed by atoms with Crippen molar-refractivity contribution in [3.8, 4) is 11.5 Å². The predicted octanol–water partition coefficient (Wildman–Crippen LogP) is 0.0198. The Morgan fingerprint density at radius 3 is 2.44 bits per heavy atom. The van der Waals surface area contributed by atoms with E-state index in [4.69, 9.17) is 14.6 Å². The summed E-state index contributed by atoms with van der Waals surface area (Å²) in [5, 5.41) is 10.6. The van der Waals surface area contributed by atoms with Gasteiger partial charge in [-0.1, -0.05) is 12.1 Å². The van der Waals surface area contributed by atoms with E-state index in [-0.39, 0.29) is 6.61 Å². The molecule has 0 bridgehead atoms. The molecule has 0 unspecified atom stereocenters. The third-order valence-electron chi connectivity index (χ3n) is 2.06. The van der Waals surface area contributed by atoms with E-state index in [0.717, 1.165) is 24.6 Å². The average molecular weight is 226 g/mol. The molecule has 0 fully saturated rings. The zero-order valence-electron chi connectivity index (χ0n) is 9.69. The Hall–Kier alpha value is -1.26. The molecule has 0 atom stereocenters. The maximum absolute atomic E-state index is 8.60. The van der Waals surface area contributed by atoms with Crippen molar-refractivity contribution in [2.24, 2.45) is 0 Å². The Kier molecular flexibility index (Phi) is 6.37. The summed E-state index contributed by atoms with van der Waals surface area (Å²) in [5.41, 5.74) is 0. The number of nitrogens with two attached hydrogens (primary N) is 1. The average Bonchev–Trinajstić information content (AvgIpc) is 2.31. The number of benzene rings is 1. The Balaban J connectivity index is 2.34. The molecule has 0 aromatic heterocycles. The topological polar surface area (TPSA) is 55.3 Å². The van der Waals surface area contributed by atoms with Gasteiger partial charge in [-0.15, -0.1) is 0 Å². The number of hydrogen-bond donors (Lipinski definition) is 2. The summed E-state index contributed by atoms with van der Waals surface area (Å²) in [6, 6.07) is 7.65. The summed E-state index contributed by atoms with van der Waals surface area (Å²) in [6.07, 6.45) is 0. The van der Waals surface area contributed by atoms with Gasteiger partial charge in [-0.2, -0.15) is 0 Å². The van der Waals surface area contributed by atoms with Crippen LogP contribution >= 0.6 is 0 Å². The van der Waals surface area contributed by atoms with Gasteiger partial charge >= 0.3 is 0 Å². The van der Waals surface area contributed by atoms with E-state index in [1.54, 1.807) is 0 Å². The second kappa shape index (κ2) is 7.96. The summed E-state index contributed by atoms with van der Waals surface area (Å²) >= 11 is 0. The van der Waals surface area contributed by atoms with E-state index in [1.165, 1.54) is 0 Å². The van der Waals surface area contributed by atoms with E-state index in [2.05, 4.69) is 0 Å². The molecule has 4 nitrogen and oxygen atoms in total. The van der Waals surface area contributed by atoms with Gasteiger partial charge in [0.05, 0.1) is 19.8 Å². The molecule has 4 heteroatoms. The summed E-state index contributed by atoms with van der Waals surface area (Å²) in [7, 11) is 0. The van der Waals surface area contributed by atoms with Crippen molar-refractivity contribution in [2.75, 3.05) is 32.9 Å². The fourth-order valence-corrected chi connectivity index (χ4v) is 1.33. The van der Waals surface area contributed by atoms with Crippen molar-refractivity contribution in [1.29, 1.82) is 0 Å². The molecule has 0 aliphatic rings. The van der Waals surface area contributed by atoms with Crippen molar-refractivity contribution in [3.05, 3.63) is 24.3 Å². The van der Waals surface area contributed by atoms with Crippen LogP contribution in [0.1, 0.15) is 6.92 Å². The SMILES string of the molecule is CCOc1ccccc1OCC[NH2+]CCO. The van der Waals surface area contributed by atoms with Crippen molar-refractivity contribution < 1.29 is 19.9 Å². The largest absolute Gasteiger partial charge is 0.490 e. The van der Waals surface area contributed by atoms with Crippen molar-refractivity contribution in [3.63, 3.8) is 0 Å². The van der Waals surface area contributed by atoms with Gasteiger partial charge in [0.25, 0.3) is 0 Å². The molecule has 0 aliphatic heterocycles. The highest BCUT2D eigenvalue weighted by atomic mass is 16.5. The van der Waals surface area contributed by atoms with Crippen LogP contribution in [0.4, 0.5) is 0 Å². The fraction of sp³-hybridized carbons (Fsp3) is 0.500. The van der Waals surface area contributed by atoms with Crippen LogP contribution in [0.2, 0.25) is 0 Å². The quantitative estimate of drug-likeness (QED) is 0.614. The Labute approximate surface area is 96.2 Å². The van der Waals surface area contributed by atoms with Gasteiger partial charge in [0, 0.05) is 0 Å². The van der Waals surface area contributed by atoms with Crippen LogP contribution in [0.15, 0.2) is 24.3 Å². The smallest absolute Gasteiger partial charge is 0.161 e. The monoisotopic (exact) mass is 226 g/mol. The molecule has 0 heterocycles. The molecule has 0 spiro atoms. The lowest BCUT2D eigenvalue weighted by Crippen LogP contribution is -2.86. The number of ether oxygens (including phenoxy) is 2. The highest BCUT2D eigenvalue weighted by molar-refractivity contribution is 5.39. The summed E-state index contributed by atoms with van der Waals surface area (Å²) in [5.74, 6) is 1.56. The lowest BCUT2D eigenvalue weighted by Gasteiger charge is -2.10. The third kappa shape index (κ3) is 4.51. The molecule has 0 amide bonds. The number of hydrogen-bond acceptors (Lipinski definition) is 3. The van der Waals surface area contributed by atoms with Crippen molar-refractivity contribution >= 4 is 0 Å². The van der Waals surface area contributed by atoms with Gasteiger partial charge in [-0.05, 0) is 19.1 Å². The fourth-order valence-electron chi connectivity index (χ4n) is 1.33. The molecule has 90 valence electrons. The maximum Gasteiger partial charge on any atom is 0.161 e. The molecule has 0 saturated heterocycles. The normalized spacial score (nSPS) is 10.1. The van der Waals surface area contributed by atoms with Gasteiger partial charge in [0.1, 0.15) is 13.2 Å². The Bertz CT molecular complexity index is 291. The molecule has 1 aromatic rings. The van der Waals surface area contributed by atoms with Crippen LogP contribution in [-0.4, -0.2) is 38.0 Å². The van der Waals surface area contributed by atoms with Crippen molar-refractivity contribution in [2.45, 2.75) is 6.92 Å². The van der Waals surface area contributed by atoms with E-state index in [1.807, 2.05) is 36.5 Å². The highest BCUT2D eigenvalue weighted by Gasteiger charge is 2.02. The van der Waals surface area contributed by atoms with Gasteiger partial charge in [0.2, 0.25) is 0 Å². The minimum Gasteiger partial charge on any atom is -0.490 e. The number of aliphatic hydroxyl groups is 1. The van der Waals surface area contributed by atoms with E-state index >= 15 is 0 Å². The summed E-state index contributed by atoms with van der Waals surface area (Å²) < 4.78 is 11.0. The standard InChI is InChI=1S/C12H19NO3/c1-2-15-11-5-3-4-6-12(11)16-10-8-13-7-9-14/h3-6,13-14H,2,7-10H2,1H3/p+1. The molecule has 16 heavy (non-hydrogen) atoms. The van der Waals surface area contributed by atoms with Crippen LogP contribution in [0.5, 0.6) is 11.5 Å². The molecular weight excluding hydrogens is 206 g/mol. The summed E-state index contributed by atoms with van der Waals surface area (Å²) in [6.45, 7) is 4.96. The minimum absolute atomic E-state index is 0.204. The second-order valence-electron chi connectivity index (χ2n) is 3.32. The van der Waals surface area contributed by atoms with Gasteiger partial charge < -0.3 is 19.9 Å². The van der Waals surface area contributed by atoms with Crippen LogP contribution < -0.4 is 14.8 Å². The van der Waals surface area contributed by atoms with Crippen LogP contribution in [0.25, 0.3) is 0 Å². The Morgan fingerprint density at radius 1 is 1.12 bits per heavy atom. The lowest BCUT2D eigenvalue weighted by molar-refractivity contribution is -0.656. The predicted molar refractivity (Wildman–Crippen MR) is 61.9 cm³/mol. The lowest BCUT2D eigenvalue weighted by atomic mass is 10.3. The first-order chi connectivity index (χ1) is 7.88. The van der Waals surface area contributed by atoms with Gasteiger partial charge in [-0.25, -0.2) is 0 Å². The van der Waals surface area contributed by atoms with E-state index < -0.39 is 0 Å². The molecule has 1 aromatic carbocycles. The molecule has 1 rings (SSSR count). The zero-order valence-corrected chi connectivity index (χ0v) is 9.69. The van der Waals surface area contributed by atoms with Crippen molar-refractivity contribution in [1.82, 2.24) is 0 Å². The van der Waals surface area contributed by atoms with Gasteiger partial charge in [-0.3, -0.25) is 0 Å². The Morgan fingerprint density at radius 2 is 1.81 bits per heavy atom. The first-order valence-electron chi connectivity index (χ1n) is 5.65. The molecule has 0 radical (unpaired) electrons. The minimum atomic E-state index is 0.204. The number of para-hydroxylation sites is 2. The second-order valence-corrected chi connectivity index (χ2v) is 3.32. The first kappa shape index (κ1) is 12.8.